The Bertz CT molecular complexity index is 1100. The summed E-state index contributed by atoms with van der Waals surface area (Å²) in [6.07, 6.45) is 14.2. The van der Waals surface area contributed by atoms with Gasteiger partial charge in [-0.15, -0.1) is 0 Å². The van der Waals surface area contributed by atoms with Crippen LogP contribution in [0.2, 0.25) is 0 Å². The summed E-state index contributed by atoms with van der Waals surface area (Å²) in [6, 6.07) is 10.7. The SMILES string of the molecule is C=C(CC(=C)C1(CC=C(C)C)C2=CC(C)C2C(CC=C(C)C)C(C)(C)C1CC=C(C)C)c1ccccc1.CC. The predicted octanol–water partition coefficient (Wildman–Crippen LogP) is 12.2. The van der Waals surface area contributed by atoms with E-state index in [9.17, 15) is 0 Å². The van der Waals surface area contributed by atoms with Gasteiger partial charge in [-0.05, 0) is 107 Å². The van der Waals surface area contributed by atoms with Gasteiger partial charge in [-0.1, -0.05) is 130 Å². The molecule has 1 saturated carbocycles. The van der Waals surface area contributed by atoms with E-state index in [1.54, 1.807) is 5.57 Å². The van der Waals surface area contributed by atoms with Gasteiger partial charge >= 0.3 is 0 Å². The number of hydrogen-bond acceptors (Lipinski definition) is 0. The average molecular weight is 527 g/mol. The van der Waals surface area contributed by atoms with Crippen LogP contribution in [0.1, 0.15) is 107 Å². The molecule has 0 saturated heterocycles. The molecule has 2 aliphatic rings. The van der Waals surface area contributed by atoms with E-state index in [0.29, 0.717) is 23.7 Å². The molecule has 1 aromatic rings. The van der Waals surface area contributed by atoms with Gasteiger partial charge in [0.15, 0.2) is 0 Å². The van der Waals surface area contributed by atoms with Crippen molar-refractivity contribution in [1.29, 1.82) is 0 Å². The third kappa shape index (κ3) is 7.06. The monoisotopic (exact) mass is 526 g/mol. The molecule has 0 heterocycles. The zero-order chi connectivity index (χ0) is 29.5. The maximum Gasteiger partial charge on any atom is 0.0195 e. The summed E-state index contributed by atoms with van der Waals surface area (Å²) in [6.45, 7) is 34.5. The predicted molar refractivity (Wildman–Crippen MR) is 177 cm³/mol. The Morgan fingerprint density at radius 1 is 0.821 bits per heavy atom. The van der Waals surface area contributed by atoms with Crippen molar-refractivity contribution in [3.8, 4) is 0 Å². The lowest BCUT2D eigenvalue weighted by atomic mass is 9.38. The summed E-state index contributed by atoms with van der Waals surface area (Å²) in [5.41, 5.74) is 9.77. The Balaban J connectivity index is 0.00000260. The molecule has 0 N–H and O–H groups in total. The Kier molecular flexibility index (Phi) is 11.7. The van der Waals surface area contributed by atoms with E-state index in [1.165, 1.54) is 33.4 Å². The first kappa shape index (κ1) is 32.9. The third-order valence-corrected chi connectivity index (χ3v) is 9.38. The van der Waals surface area contributed by atoms with Crippen LogP contribution in [0.25, 0.3) is 5.57 Å². The molecular formula is C39H58. The van der Waals surface area contributed by atoms with Crippen LogP contribution in [0.4, 0.5) is 0 Å². The second-order valence-corrected chi connectivity index (χ2v) is 13.2. The van der Waals surface area contributed by atoms with Crippen LogP contribution in [0.5, 0.6) is 0 Å². The topological polar surface area (TPSA) is 0 Å². The number of benzene rings is 1. The van der Waals surface area contributed by atoms with Gasteiger partial charge < -0.3 is 0 Å². The molecule has 2 aliphatic carbocycles. The highest BCUT2D eigenvalue weighted by molar-refractivity contribution is 5.66. The van der Waals surface area contributed by atoms with Crippen LogP contribution in [0.15, 0.2) is 95.7 Å². The molecule has 0 heteroatoms. The van der Waals surface area contributed by atoms with E-state index in [0.717, 1.165) is 25.7 Å². The molecule has 214 valence electrons. The molecule has 0 bridgehead atoms. The second kappa shape index (κ2) is 13.8. The molecule has 3 rings (SSSR count). The maximum absolute atomic E-state index is 4.92. The third-order valence-electron chi connectivity index (χ3n) is 9.38. The molecule has 1 aromatic carbocycles. The van der Waals surface area contributed by atoms with Crippen molar-refractivity contribution >= 4 is 5.57 Å². The molecular weight excluding hydrogens is 468 g/mol. The minimum absolute atomic E-state index is 0.0525. The Morgan fingerprint density at radius 2 is 1.36 bits per heavy atom. The van der Waals surface area contributed by atoms with E-state index in [1.807, 2.05) is 13.8 Å². The van der Waals surface area contributed by atoms with E-state index >= 15 is 0 Å². The highest BCUT2D eigenvalue weighted by Crippen LogP contribution is 2.70. The summed E-state index contributed by atoms with van der Waals surface area (Å²) >= 11 is 0. The fraction of sp³-hybridized carbons (Fsp3) is 0.538. The summed E-state index contributed by atoms with van der Waals surface area (Å²) in [4.78, 5) is 0. The highest BCUT2D eigenvalue weighted by atomic mass is 14.7. The molecule has 5 unspecified atom stereocenters. The molecule has 0 amide bonds. The van der Waals surface area contributed by atoms with Crippen LogP contribution in [-0.2, 0) is 0 Å². The number of rotatable bonds is 10. The Morgan fingerprint density at radius 3 is 1.87 bits per heavy atom. The molecule has 39 heavy (non-hydrogen) atoms. The van der Waals surface area contributed by atoms with E-state index in [4.69, 9.17) is 6.58 Å². The lowest BCUT2D eigenvalue weighted by Crippen LogP contribution is -2.58. The van der Waals surface area contributed by atoms with Gasteiger partial charge in [0.05, 0.1) is 0 Å². The molecule has 0 aliphatic heterocycles. The van der Waals surface area contributed by atoms with Gasteiger partial charge in [0.2, 0.25) is 0 Å². The van der Waals surface area contributed by atoms with Crippen LogP contribution < -0.4 is 0 Å². The van der Waals surface area contributed by atoms with Crippen molar-refractivity contribution in [3.63, 3.8) is 0 Å². The molecule has 1 fully saturated rings. The van der Waals surface area contributed by atoms with Gasteiger partial charge in [0, 0.05) is 5.41 Å². The van der Waals surface area contributed by atoms with Crippen molar-refractivity contribution in [2.24, 2.45) is 34.5 Å². The van der Waals surface area contributed by atoms with Crippen molar-refractivity contribution in [2.75, 3.05) is 0 Å². The van der Waals surface area contributed by atoms with Crippen molar-refractivity contribution in [2.45, 2.75) is 102 Å². The van der Waals surface area contributed by atoms with Crippen molar-refractivity contribution < 1.29 is 0 Å². The molecule has 0 aromatic heterocycles. The lowest BCUT2D eigenvalue weighted by molar-refractivity contribution is -0.0482. The van der Waals surface area contributed by atoms with Gasteiger partial charge in [-0.2, -0.15) is 0 Å². The van der Waals surface area contributed by atoms with Gasteiger partial charge in [0.1, 0.15) is 0 Å². The van der Waals surface area contributed by atoms with Crippen molar-refractivity contribution in [3.05, 3.63) is 101 Å². The smallest absolute Gasteiger partial charge is 0.0195 e. The summed E-state index contributed by atoms with van der Waals surface area (Å²) < 4.78 is 0. The highest BCUT2D eigenvalue weighted by Gasteiger charge is 2.62. The standard InChI is InChI=1S/C37H52.C2H6/c1-25(2)17-19-32-35-29(8)24-33(35)37(22-21-27(5)6,34(36(32,10)11)20-18-26(3)4)30(9)23-28(7)31-15-13-12-14-16-31;1-2/h12-18,21,24,29,32,34-35H,7,9,19-20,22-23H2,1-6,8,10-11H3;1-2H3. The first-order valence-electron chi connectivity index (χ1n) is 15.4. The van der Waals surface area contributed by atoms with Crippen LogP contribution in [0.3, 0.4) is 0 Å². The Hall–Kier alpha value is -2.34. The maximum atomic E-state index is 4.92. The zero-order valence-corrected chi connectivity index (χ0v) is 27.2. The Labute approximate surface area is 242 Å². The number of allylic oxidation sites excluding steroid dienone is 10. The summed E-state index contributed by atoms with van der Waals surface area (Å²) in [5, 5.41) is 0. The molecule has 0 nitrogen and oxygen atoms in total. The van der Waals surface area contributed by atoms with Crippen LogP contribution in [0, 0.1) is 34.5 Å². The molecule has 0 spiro atoms. The minimum atomic E-state index is -0.0525. The molecule has 0 radical (unpaired) electrons. The van der Waals surface area contributed by atoms with E-state index < -0.39 is 0 Å². The number of fused-ring (bicyclic) bond motifs is 1. The van der Waals surface area contributed by atoms with Gasteiger partial charge in [0.25, 0.3) is 0 Å². The summed E-state index contributed by atoms with van der Waals surface area (Å²) in [7, 11) is 0. The zero-order valence-electron chi connectivity index (χ0n) is 27.2. The first-order chi connectivity index (χ1) is 18.3. The van der Waals surface area contributed by atoms with E-state index in [2.05, 4.69) is 124 Å². The number of hydrogen-bond donors (Lipinski definition) is 0. The lowest BCUT2D eigenvalue weighted by Gasteiger charge is -2.65. The van der Waals surface area contributed by atoms with Gasteiger partial charge in [-0.3, -0.25) is 0 Å². The largest absolute Gasteiger partial charge is 0.0986 e. The second-order valence-electron chi connectivity index (χ2n) is 13.2. The van der Waals surface area contributed by atoms with Crippen LogP contribution in [-0.4, -0.2) is 0 Å². The molecule has 5 atom stereocenters. The summed E-state index contributed by atoms with van der Waals surface area (Å²) in [5.74, 6) is 2.34. The fourth-order valence-corrected chi connectivity index (χ4v) is 7.33. The first-order valence-corrected chi connectivity index (χ1v) is 15.4. The van der Waals surface area contributed by atoms with Crippen molar-refractivity contribution in [1.82, 2.24) is 0 Å². The van der Waals surface area contributed by atoms with Crippen LogP contribution >= 0.6 is 0 Å². The quantitative estimate of drug-likeness (QED) is 0.266. The fourth-order valence-electron chi connectivity index (χ4n) is 7.33. The normalized spacial score (nSPS) is 26.4. The average Bonchev–Trinajstić information content (AvgIpc) is 2.87. The van der Waals surface area contributed by atoms with Gasteiger partial charge in [-0.25, -0.2) is 0 Å². The van der Waals surface area contributed by atoms with E-state index in [-0.39, 0.29) is 10.8 Å². The minimum Gasteiger partial charge on any atom is -0.0986 e.